The molecule has 0 amide bonds. The van der Waals surface area contributed by atoms with Crippen LogP contribution in [0.5, 0.6) is 0 Å². The molecule has 112 valence electrons. The molecule has 20 heavy (non-hydrogen) atoms. The molecule has 1 fully saturated rings. The number of nitrogens with two attached hydrogens (primary N) is 1. The maximum absolute atomic E-state index is 13.0. The summed E-state index contributed by atoms with van der Waals surface area (Å²) in [5.41, 5.74) is 5.43. The average molecular weight is 286 g/mol. The number of alkyl halides is 3. The summed E-state index contributed by atoms with van der Waals surface area (Å²) in [5.74, 6) is -0.298. The van der Waals surface area contributed by atoms with E-state index in [0.717, 1.165) is 18.9 Å². The lowest BCUT2D eigenvalue weighted by atomic mass is 9.93. The molecule has 0 aliphatic heterocycles. The predicted octanol–water partition coefficient (Wildman–Crippen LogP) is 3.28. The topological polar surface area (TPSA) is 38.0 Å². The van der Waals surface area contributed by atoms with Crippen molar-refractivity contribution in [2.45, 2.75) is 43.8 Å². The minimum Gasteiger partial charge on any atom is -0.330 e. The molecule has 1 atom stereocenters. The summed E-state index contributed by atoms with van der Waals surface area (Å²) in [6.07, 6.45) is 0.294. The minimum atomic E-state index is -4.32. The van der Waals surface area contributed by atoms with E-state index in [1.807, 2.05) is 0 Å². The van der Waals surface area contributed by atoms with E-state index in [-0.39, 0.29) is 12.5 Å². The summed E-state index contributed by atoms with van der Waals surface area (Å²) in [5, 5.41) is 3.36. The van der Waals surface area contributed by atoms with E-state index in [1.54, 1.807) is 6.07 Å². The van der Waals surface area contributed by atoms with Crippen LogP contribution in [-0.4, -0.2) is 19.1 Å². The van der Waals surface area contributed by atoms with Gasteiger partial charge in [-0.15, -0.1) is 0 Å². The molecule has 1 aliphatic carbocycles. The van der Waals surface area contributed by atoms with E-state index in [9.17, 15) is 13.2 Å². The highest BCUT2D eigenvalue weighted by molar-refractivity contribution is 5.33. The average Bonchev–Trinajstić information content (AvgIpc) is 2.92. The number of hydrogen-bond donors (Lipinski definition) is 2. The van der Waals surface area contributed by atoms with Crippen LogP contribution in [0.4, 0.5) is 13.2 Å². The van der Waals surface area contributed by atoms with Crippen LogP contribution in [0.25, 0.3) is 0 Å². The van der Waals surface area contributed by atoms with Gasteiger partial charge < -0.3 is 11.1 Å². The van der Waals surface area contributed by atoms with Crippen molar-refractivity contribution in [1.82, 2.24) is 5.32 Å². The van der Waals surface area contributed by atoms with E-state index in [2.05, 4.69) is 5.32 Å². The SMILES string of the molecule is NCC(CNC1CCCC1)c1ccccc1C(F)(F)F. The van der Waals surface area contributed by atoms with Gasteiger partial charge in [0.25, 0.3) is 0 Å². The highest BCUT2D eigenvalue weighted by Gasteiger charge is 2.34. The van der Waals surface area contributed by atoms with Crippen LogP contribution in [0.2, 0.25) is 0 Å². The van der Waals surface area contributed by atoms with Gasteiger partial charge in [0.05, 0.1) is 5.56 Å². The third kappa shape index (κ3) is 3.73. The predicted molar refractivity (Wildman–Crippen MR) is 73.5 cm³/mol. The van der Waals surface area contributed by atoms with Crippen molar-refractivity contribution in [3.63, 3.8) is 0 Å². The molecule has 1 aromatic carbocycles. The van der Waals surface area contributed by atoms with Gasteiger partial charge in [-0.3, -0.25) is 0 Å². The van der Waals surface area contributed by atoms with Crippen LogP contribution in [0.1, 0.15) is 42.7 Å². The molecular weight excluding hydrogens is 265 g/mol. The second-order valence-corrected chi connectivity index (χ2v) is 5.41. The Bertz CT molecular complexity index is 425. The standard InChI is InChI=1S/C15H21F3N2/c16-15(17,18)14-8-4-3-7-13(14)11(9-19)10-20-12-5-1-2-6-12/h3-4,7-8,11-12,20H,1-2,5-6,9-10,19H2. The summed E-state index contributed by atoms with van der Waals surface area (Å²) in [6.45, 7) is 0.723. The van der Waals surface area contributed by atoms with Gasteiger partial charge in [0.1, 0.15) is 0 Å². The first-order chi connectivity index (χ1) is 9.52. The van der Waals surface area contributed by atoms with Gasteiger partial charge in [-0.05, 0) is 24.5 Å². The Morgan fingerprint density at radius 3 is 2.45 bits per heavy atom. The molecule has 1 aliphatic rings. The van der Waals surface area contributed by atoms with Crippen molar-refractivity contribution in [3.05, 3.63) is 35.4 Å². The zero-order valence-electron chi connectivity index (χ0n) is 11.4. The van der Waals surface area contributed by atoms with Crippen LogP contribution in [0, 0.1) is 0 Å². The summed E-state index contributed by atoms with van der Waals surface area (Å²) >= 11 is 0. The zero-order chi connectivity index (χ0) is 14.6. The quantitative estimate of drug-likeness (QED) is 0.871. The van der Waals surface area contributed by atoms with Crippen molar-refractivity contribution in [2.24, 2.45) is 5.73 Å². The van der Waals surface area contributed by atoms with E-state index in [1.165, 1.54) is 25.0 Å². The smallest absolute Gasteiger partial charge is 0.330 e. The van der Waals surface area contributed by atoms with Gasteiger partial charge in [0, 0.05) is 25.0 Å². The summed E-state index contributed by atoms with van der Waals surface area (Å²) in [7, 11) is 0. The highest BCUT2D eigenvalue weighted by Crippen LogP contribution is 2.34. The second-order valence-electron chi connectivity index (χ2n) is 5.41. The molecule has 0 saturated heterocycles. The lowest BCUT2D eigenvalue weighted by molar-refractivity contribution is -0.138. The fourth-order valence-electron chi connectivity index (χ4n) is 2.87. The molecule has 2 nitrogen and oxygen atoms in total. The first kappa shape index (κ1) is 15.3. The molecule has 0 spiro atoms. The Labute approximate surface area is 117 Å². The van der Waals surface area contributed by atoms with Gasteiger partial charge in [-0.1, -0.05) is 31.0 Å². The Balaban J connectivity index is 2.10. The fraction of sp³-hybridized carbons (Fsp3) is 0.600. The van der Waals surface area contributed by atoms with E-state index in [0.29, 0.717) is 18.2 Å². The van der Waals surface area contributed by atoms with Gasteiger partial charge in [0.15, 0.2) is 0 Å². The Morgan fingerprint density at radius 2 is 1.85 bits per heavy atom. The molecule has 1 aromatic rings. The van der Waals surface area contributed by atoms with E-state index < -0.39 is 11.7 Å². The molecule has 2 rings (SSSR count). The summed E-state index contributed by atoms with van der Waals surface area (Å²) in [6, 6.07) is 6.17. The second kappa shape index (κ2) is 6.59. The van der Waals surface area contributed by atoms with Crippen LogP contribution in [-0.2, 0) is 6.18 Å². The molecule has 1 saturated carbocycles. The Kier molecular flexibility index (Phi) is 5.05. The van der Waals surface area contributed by atoms with Gasteiger partial charge in [-0.2, -0.15) is 13.2 Å². The van der Waals surface area contributed by atoms with Crippen LogP contribution >= 0.6 is 0 Å². The minimum absolute atomic E-state index is 0.215. The number of hydrogen-bond acceptors (Lipinski definition) is 2. The molecular formula is C15H21F3N2. The summed E-state index contributed by atoms with van der Waals surface area (Å²) in [4.78, 5) is 0. The lowest BCUT2D eigenvalue weighted by Gasteiger charge is -2.22. The molecule has 0 heterocycles. The van der Waals surface area contributed by atoms with Crippen LogP contribution in [0.3, 0.4) is 0 Å². The van der Waals surface area contributed by atoms with Crippen LogP contribution < -0.4 is 11.1 Å². The third-order valence-corrected chi connectivity index (χ3v) is 4.00. The highest BCUT2D eigenvalue weighted by atomic mass is 19.4. The fourth-order valence-corrected chi connectivity index (χ4v) is 2.87. The van der Waals surface area contributed by atoms with Crippen molar-refractivity contribution in [1.29, 1.82) is 0 Å². The normalized spacial score (nSPS) is 18.4. The van der Waals surface area contributed by atoms with E-state index >= 15 is 0 Å². The summed E-state index contributed by atoms with van der Waals surface area (Å²) < 4.78 is 39.1. The maximum atomic E-state index is 13.0. The molecule has 0 bridgehead atoms. The Hall–Kier alpha value is -1.07. The van der Waals surface area contributed by atoms with E-state index in [4.69, 9.17) is 5.73 Å². The maximum Gasteiger partial charge on any atom is 0.416 e. The van der Waals surface area contributed by atoms with Gasteiger partial charge in [-0.25, -0.2) is 0 Å². The molecule has 1 unspecified atom stereocenters. The van der Waals surface area contributed by atoms with Crippen molar-refractivity contribution >= 4 is 0 Å². The molecule has 0 aromatic heterocycles. The van der Waals surface area contributed by atoms with Crippen molar-refractivity contribution in [2.75, 3.05) is 13.1 Å². The van der Waals surface area contributed by atoms with Crippen LogP contribution in [0.15, 0.2) is 24.3 Å². The number of benzene rings is 1. The third-order valence-electron chi connectivity index (χ3n) is 4.00. The molecule has 5 heteroatoms. The van der Waals surface area contributed by atoms with Gasteiger partial charge >= 0.3 is 6.18 Å². The Morgan fingerprint density at radius 1 is 1.20 bits per heavy atom. The number of rotatable bonds is 5. The first-order valence-electron chi connectivity index (χ1n) is 7.12. The van der Waals surface area contributed by atoms with Crippen molar-refractivity contribution < 1.29 is 13.2 Å². The monoisotopic (exact) mass is 286 g/mol. The van der Waals surface area contributed by atoms with Crippen molar-refractivity contribution in [3.8, 4) is 0 Å². The van der Waals surface area contributed by atoms with Gasteiger partial charge in [0.2, 0.25) is 0 Å². The number of halogens is 3. The lowest BCUT2D eigenvalue weighted by Crippen LogP contribution is -2.34. The zero-order valence-corrected chi connectivity index (χ0v) is 11.4. The number of nitrogens with one attached hydrogen (secondary N) is 1. The largest absolute Gasteiger partial charge is 0.416 e. The molecule has 3 N–H and O–H groups in total. The molecule has 0 radical (unpaired) electrons. The first-order valence-corrected chi connectivity index (χ1v) is 7.12.